The second kappa shape index (κ2) is 5.40. The van der Waals surface area contributed by atoms with Gasteiger partial charge in [0.25, 0.3) is 0 Å². The van der Waals surface area contributed by atoms with Crippen molar-refractivity contribution in [3.05, 3.63) is 42.0 Å². The zero-order valence-electron chi connectivity index (χ0n) is 11.9. The number of carboxylic acids is 1. The SMILES string of the molecule is O=C(Nc1ccccc1C(F)(F)F)[C@@H]1[C@H](C(=O)O)[C@@H]2C=C[C@H]1C2. The highest BCUT2D eigenvalue weighted by molar-refractivity contribution is 5.97. The number of amides is 1. The molecule has 1 amide bonds. The van der Waals surface area contributed by atoms with Crippen LogP contribution in [0, 0.1) is 23.7 Å². The number of carbonyl (C=O) groups is 2. The lowest BCUT2D eigenvalue weighted by Crippen LogP contribution is -2.36. The summed E-state index contributed by atoms with van der Waals surface area (Å²) in [5.41, 5.74) is -1.29. The molecule has 4 atom stereocenters. The number of allylic oxidation sites excluding steroid dienone is 2. The van der Waals surface area contributed by atoms with E-state index in [1.54, 1.807) is 12.2 Å². The van der Waals surface area contributed by atoms with Crippen LogP contribution in [0.15, 0.2) is 36.4 Å². The van der Waals surface area contributed by atoms with Crippen molar-refractivity contribution >= 4 is 17.6 Å². The average molecular weight is 325 g/mol. The van der Waals surface area contributed by atoms with Crippen molar-refractivity contribution in [1.29, 1.82) is 0 Å². The molecule has 0 spiro atoms. The van der Waals surface area contributed by atoms with Crippen LogP contribution in [0.2, 0.25) is 0 Å². The number of carboxylic acid groups (broad SMARTS) is 1. The Morgan fingerprint density at radius 3 is 2.30 bits per heavy atom. The molecule has 2 bridgehead atoms. The average Bonchev–Trinajstić information content (AvgIpc) is 3.07. The quantitative estimate of drug-likeness (QED) is 0.839. The molecule has 0 aliphatic heterocycles. The first-order valence-corrected chi connectivity index (χ1v) is 7.17. The van der Waals surface area contributed by atoms with Gasteiger partial charge >= 0.3 is 12.1 Å². The number of halogens is 3. The molecule has 23 heavy (non-hydrogen) atoms. The van der Waals surface area contributed by atoms with E-state index in [4.69, 9.17) is 0 Å². The first kappa shape index (κ1) is 15.6. The van der Waals surface area contributed by atoms with Crippen molar-refractivity contribution in [3.63, 3.8) is 0 Å². The number of fused-ring (bicyclic) bond motifs is 2. The number of hydrogen-bond donors (Lipinski definition) is 2. The van der Waals surface area contributed by atoms with Gasteiger partial charge in [-0.05, 0) is 30.4 Å². The number of para-hydroxylation sites is 1. The fourth-order valence-corrected chi connectivity index (χ4v) is 3.57. The van der Waals surface area contributed by atoms with Crippen LogP contribution in [0.1, 0.15) is 12.0 Å². The van der Waals surface area contributed by atoms with E-state index in [-0.39, 0.29) is 17.5 Å². The normalized spacial score (nSPS) is 28.8. The van der Waals surface area contributed by atoms with E-state index >= 15 is 0 Å². The molecule has 1 aromatic rings. The van der Waals surface area contributed by atoms with E-state index in [2.05, 4.69) is 5.32 Å². The predicted octanol–water partition coefficient (Wildman–Crippen LogP) is 3.17. The van der Waals surface area contributed by atoms with E-state index in [9.17, 15) is 27.9 Å². The molecule has 122 valence electrons. The van der Waals surface area contributed by atoms with Gasteiger partial charge in [-0.2, -0.15) is 13.2 Å². The predicted molar refractivity (Wildman–Crippen MR) is 75.4 cm³/mol. The second-order valence-electron chi connectivity index (χ2n) is 5.87. The van der Waals surface area contributed by atoms with Gasteiger partial charge in [-0.1, -0.05) is 24.3 Å². The molecule has 0 radical (unpaired) electrons. The summed E-state index contributed by atoms with van der Waals surface area (Å²) >= 11 is 0. The maximum atomic E-state index is 13.0. The molecule has 1 aromatic carbocycles. The topological polar surface area (TPSA) is 66.4 Å². The highest BCUT2D eigenvalue weighted by atomic mass is 19.4. The Balaban J connectivity index is 1.86. The summed E-state index contributed by atoms with van der Waals surface area (Å²) in [5, 5.41) is 11.6. The van der Waals surface area contributed by atoms with Crippen molar-refractivity contribution in [2.75, 3.05) is 5.32 Å². The second-order valence-corrected chi connectivity index (χ2v) is 5.87. The van der Waals surface area contributed by atoms with Crippen LogP contribution in [0.25, 0.3) is 0 Å². The molecule has 1 fully saturated rings. The number of hydrogen-bond acceptors (Lipinski definition) is 2. The van der Waals surface area contributed by atoms with Crippen LogP contribution in [-0.2, 0) is 15.8 Å². The summed E-state index contributed by atoms with van der Waals surface area (Å²) in [4.78, 5) is 23.8. The van der Waals surface area contributed by atoms with Gasteiger partial charge < -0.3 is 10.4 Å². The number of alkyl halides is 3. The monoisotopic (exact) mass is 325 g/mol. The zero-order valence-corrected chi connectivity index (χ0v) is 11.9. The Kier molecular flexibility index (Phi) is 3.66. The summed E-state index contributed by atoms with van der Waals surface area (Å²) in [6, 6.07) is 4.67. The van der Waals surface area contributed by atoms with E-state index in [0.29, 0.717) is 6.42 Å². The van der Waals surface area contributed by atoms with E-state index < -0.39 is 35.5 Å². The number of aliphatic carboxylic acids is 1. The summed E-state index contributed by atoms with van der Waals surface area (Å²) < 4.78 is 38.9. The first-order valence-electron chi connectivity index (χ1n) is 7.17. The third-order valence-corrected chi connectivity index (χ3v) is 4.54. The van der Waals surface area contributed by atoms with Crippen molar-refractivity contribution < 1.29 is 27.9 Å². The fourth-order valence-electron chi connectivity index (χ4n) is 3.57. The Morgan fingerprint density at radius 2 is 1.70 bits per heavy atom. The fraction of sp³-hybridized carbons (Fsp3) is 0.375. The molecular formula is C16H14F3NO3. The number of rotatable bonds is 3. The van der Waals surface area contributed by atoms with Gasteiger partial charge in [0.1, 0.15) is 0 Å². The van der Waals surface area contributed by atoms with Crippen LogP contribution < -0.4 is 5.32 Å². The summed E-state index contributed by atoms with van der Waals surface area (Å²) in [7, 11) is 0. The van der Waals surface area contributed by atoms with Crippen LogP contribution in [-0.4, -0.2) is 17.0 Å². The largest absolute Gasteiger partial charge is 0.481 e. The zero-order chi connectivity index (χ0) is 16.8. The Hall–Kier alpha value is -2.31. The number of nitrogens with one attached hydrogen (secondary N) is 1. The minimum atomic E-state index is -4.59. The molecule has 3 rings (SSSR count). The van der Waals surface area contributed by atoms with Gasteiger partial charge in [0.05, 0.1) is 23.1 Å². The summed E-state index contributed by atoms with van der Waals surface area (Å²) in [6.07, 6.45) is -0.485. The first-order chi connectivity index (χ1) is 10.8. The van der Waals surface area contributed by atoms with E-state index in [1.807, 2.05) is 0 Å². The molecular weight excluding hydrogens is 311 g/mol. The van der Waals surface area contributed by atoms with Gasteiger partial charge in [-0.25, -0.2) is 0 Å². The maximum Gasteiger partial charge on any atom is 0.418 e. The van der Waals surface area contributed by atoms with Crippen molar-refractivity contribution in [3.8, 4) is 0 Å². The van der Waals surface area contributed by atoms with Gasteiger partial charge in [-0.15, -0.1) is 0 Å². The molecule has 4 nitrogen and oxygen atoms in total. The van der Waals surface area contributed by atoms with Crippen LogP contribution in [0.3, 0.4) is 0 Å². The molecule has 0 saturated heterocycles. The standard InChI is InChI=1S/C16H14F3NO3/c17-16(18,19)10-3-1-2-4-11(10)20-14(21)12-8-5-6-9(7-8)13(12)15(22)23/h1-6,8-9,12-13H,7H2,(H,20,21)(H,22,23)/t8-,9+,12-,13+/m0/s1. The minimum Gasteiger partial charge on any atom is -0.481 e. The van der Waals surface area contributed by atoms with Crippen LogP contribution >= 0.6 is 0 Å². The summed E-state index contributed by atoms with van der Waals surface area (Å²) in [6.45, 7) is 0. The van der Waals surface area contributed by atoms with E-state index in [1.165, 1.54) is 18.2 Å². The molecule has 0 heterocycles. The van der Waals surface area contributed by atoms with Crippen LogP contribution in [0.5, 0.6) is 0 Å². The van der Waals surface area contributed by atoms with Crippen molar-refractivity contribution in [1.82, 2.24) is 0 Å². The lowest BCUT2D eigenvalue weighted by molar-refractivity contribution is -0.147. The third kappa shape index (κ3) is 2.71. The van der Waals surface area contributed by atoms with Crippen LogP contribution in [0.4, 0.5) is 18.9 Å². The van der Waals surface area contributed by atoms with Gasteiger partial charge in [0.15, 0.2) is 0 Å². The molecule has 0 aromatic heterocycles. The lowest BCUT2D eigenvalue weighted by atomic mass is 9.82. The van der Waals surface area contributed by atoms with E-state index in [0.717, 1.165) is 6.07 Å². The summed E-state index contributed by atoms with van der Waals surface area (Å²) in [5.74, 6) is -3.96. The highest BCUT2D eigenvalue weighted by Gasteiger charge is 2.51. The third-order valence-electron chi connectivity index (χ3n) is 4.54. The smallest absolute Gasteiger partial charge is 0.418 e. The Bertz CT molecular complexity index is 683. The molecule has 0 unspecified atom stereocenters. The highest BCUT2D eigenvalue weighted by Crippen LogP contribution is 2.48. The van der Waals surface area contributed by atoms with Crippen molar-refractivity contribution in [2.24, 2.45) is 23.7 Å². The van der Waals surface area contributed by atoms with Gasteiger partial charge in [-0.3, -0.25) is 9.59 Å². The number of anilines is 1. The molecule has 1 saturated carbocycles. The molecule has 2 aliphatic carbocycles. The lowest BCUT2D eigenvalue weighted by Gasteiger charge is -2.24. The molecule has 7 heteroatoms. The Morgan fingerprint density at radius 1 is 1.09 bits per heavy atom. The maximum absolute atomic E-state index is 13.0. The van der Waals surface area contributed by atoms with Crippen molar-refractivity contribution in [2.45, 2.75) is 12.6 Å². The minimum absolute atomic E-state index is 0.230. The van der Waals surface area contributed by atoms with Gasteiger partial charge in [0.2, 0.25) is 5.91 Å². The van der Waals surface area contributed by atoms with Gasteiger partial charge in [0, 0.05) is 0 Å². The Labute approximate surface area is 130 Å². The molecule has 2 N–H and O–H groups in total. The number of carbonyl (C=O) groups excluding carboxylic acids is 1. The molecule has 2 aliphatic rings. The number of benzene rings is 1.